The molecule has 0 radical (unpaired) electrons. The zero-order valence-electron chi connectivity index (χ0n) is 19.5. The van der Waals surface area contributed by atoms with E-state index in [1.165, 1.54) is 18.5 Å². The number of nitrogens with one attached hydrogen (secondary N) is 1. The largest absolute Gasteiger partial charge is 0.493 e. The van der Waals surface area contributed by atoms with Crippen molar-refractivity contribution in [2.45, 2.75) is 19.3 Å². The van der Waals surface area contributed by atoms with E-state index in [0.29, 0.717) is 54.0 Å². The van der Waals surface area contributed by atoms with E-state index in [4.69, 9.17) is 9.47 Å². The van der Waals surface area contributed by atoms with Gasteiger partial charge in [-0.1, -0.05) is 0 Å². The quantitative estimate of drug-likeness (QED) is 0.386. The first-order valence-electron chi connectivity index (χ1n) is 11.8. The maximum Gasteiger partial charge on any atom is 0.203 e. The number of anilines is 2. The van der Waals surface area contributed by atoms with Crippen LogP contribution in [0.4, 0.5) is 15.9 Å². The first-order chi connectivity index (χ1) is 17.0. The van der Waals surface area contributed by atoms with Gasteiger partial charge in [0.05, 0.1) is 19.2 Å². The van der Waals surface area contributed by atoms with Crippen molar-refractivity contribution in [1.29, 1.82) is 0 Å². The Hall–Kier alpha value is -3.59. The maximum atomic E-state index is 13.3. The second-order valence-corrected chi connectivity index (χ2v) is 9.03. The van der Waals surface area contributed by atoms with Crippen molar-refractivity contribution in [2.75, 3.05) is 38.7 Å². The molecule has 0 bridgehead atoms. The highest BCUT2D eigenvalue weighted by molar-refractivity contribution is 6.38. The Kier molecular flexibility index (Phi) is 6.59. The summed E-state index contributed by atoms with van der Waals surface area (Å²) in [5, 5.41) is 3.95. The van der Waals surface area contributed by atoms with Gasteiger partial charge in [0.25, 0.3) is 0 Å². The van der Waals surface area contributed by atoms with E-state index < -0.39 is 0 Å². The van der Waals surface area contributed by atoms with Crippen LogP contribution >= 0.6 is 0 Å². The number of Topliss-reactive ketones (excluding diaryl/α,β-unsaturated/α-hetero) is 2. The number of nitrogens with zero attached hydrogens (tertiary/aromatic N) is 3. The highest BCUT2D eigenvalue weighted by Gasteiger charge is 2.42. The summed E-state index contributed by atoms with van der Waals surface area (Å²) in [6.45, 7) is 2.78. The van der Waals surface area contributed by atoms with Gasteiger partial charge in [0.1, 0.15) is 18.0 Å². The molecule has 0 amide bonds. The van der Waals surface area contributed by atoms with E-state index in [1.807, 2.05) is 6.07 Å². The van der Waals surface area contributed by atoms with Gasteiger partial charge in [0, 0.05) is 49.1 Å². The number of halogens is 1. The predicted octanol–water partition coefficient (Wildman–Crippen LogP) is 3.77. The molecule has 1 saturated carbocycles. The highest BCUT2D eigenvalue weighted by Crippen LogP contribution is 2.35. The van der Waals surface area contributed by atoms with Crippen LogP contribution in [-0.2, 0) is 9.59 Å². The van der Waals surface area contributed by atoms with Gasteiger partial charge in [-0.05, 0) is 49.1 Å². The molecule has 1 aliphatic heterocycles. The Bertz CT molecular complexity index is 1250. The van der Waals surface area contributed by atoms with Crippen molar-refractivity contribution in [3.63, 3.8) is 0 Å². The number of fused-ring (bicyclic) bond motifs is 2. The van der Waals surface area contributed by atoms with Crippen LogP contribution in [0.3, 0.4) is 0 Å². The standard InChI is InChI=1S/C26H27FN4O4/c1-34-23-12-21-19(26(29-15-28-21)30-18-6-4-17(27)5-7-18)11-24(23)35-10-2-9-31-13-16-3-8-22(32)25(33)20(16)14-31/h4-7,11-12,15-16,20H,2-3,8-10,13-14H2,1H3,(H,28,29,30). The molecule has 2 atom stereocenters. The molecule has 35 heavy (non-hydrogen) atoms. The van der Waals surface area contributed by atoms with Gasteiger partial charge in [-0.15, -0.1) is 0 Å². The number of rotatable bonds is 8. The Morgan fingerprint density at radius 2 is 1.94 bits per heavy atom. The first-order valence-corrected chi connectivity index (χ1v) is 11.8. The third kappa shape index (κ3) is 4.95. The summed E-state index contributed by atoms with van der Waals surface area (Å²) in [6, 6.07) is 9.69. The summed E-state index contributed by atoms with van der Waals surface area (Å²) in [5.74, 6) is 1.18. The normalized spacial score (nSPS) is 20.2. The van der Waals surface area contributed by atoms with Gasteiger partial charge >= 0.3 is 0 Å². The lowest BCUT2D eigenvalue weighted by atomic mass is 9.80. The molecule has 1 aliphatic carbocycles. The number of benzene rings is 2. The van der Waals surface area contributed by atoms with Crippen molar-refractivity contribution >= 4 is 34.0 Å². The maximum absolute atomic E-state index is 13.3. The number of hydrogen-bond donors (Lipinski definition) is 1. The molecule has 182 valence electrons. The lowest BCUT2D eigenvalue weighted by Gasteiger charge is -2.20. The van der Waals surface area contributed by atoms with Crippen LogP contribution in [0.1, 0.15) is 19.3 Å². The lowest BCUT2D eigenvalue weighted by molar-refractivity contribution is -0.141. The molecule has 9 heteroatoms. The molecule has 8 nitrogen and oxygen atoms in total. The topological polar surface area (TPSA) is 93.7 Å². The van der Waals surface area contributed by atoms with Crippen molar-refractivity contribution in [2.24, 2.45) is 11.8 Å². The van der Waals surface area contributed by atoms with E-state index in [9.17, 15) is 14.0 Å². The molecule has 2 aromatic carbocycles. The summed E-state index contributed by atoms with van der Waals surface area (Å²) in [5.41, 5.74) is 1.39. The van der Waals surface area contributed by atoms with Gasteiger partial charge in [0.15, 0.2) is 17.3 Å². The number of carbonyl (C=O) groups is 2. The molecule has 0 spiro atoms. The lowest BCUT2D eigenvalue weighted by Crippen LogP contribution is -2.34. The predicted molar refractivity (Wildman–Crippen MR) is 129 cm³/mol. The third-order valence-electron chi connectivity index (χ3n) is 6.77. The van der Waals surface area contributed by atoms with Crippen molar-refractivity contribution in [1.82, 2.24) is 14.9 Å². The average molecular weight is 479 g/mol. The number of aromatic nitrogens is 2. The van der Waals surface area contributed by atoms with Crippen molar-refractivity contribution < 1.29 is 23.5 Å². The first kappa shape index (κ1) is 23.2. The molecule has 1 saturated heterocycles. The Labute approximate surface area is 202 Å². The molecule has 2 heterocycles. The highest BCUT2D eigenvalue weighted by atomic mass is 19.1. The summed E-state index contributed by atoms with van der Waals surface area (Å²) in [7, 11) is 1.58. The molecule has 1 aromatic heterocycles. The zero-order valence-corrected chi connectivity index (χ0v) is 19.5. The van der Waals surface area contributed by atoms with Gasteiger partial charge in [-0.25, -0.2) is 14.4 Å². The second kappa shape index (κ2) is 9.95. The van der Waals surface area contributed by atoms with Crippen molar-refractivity contribution in [3.05, 3.63) is 48.5 Å². The smallest absolute Gasteiger partial charge is 0.203 e. The fourth-order valence-electron chi connectivity index (χ4n) is 4.96. The van der Waals surface area contributed by atoms with E-state index in [1.54, 1.807) is 25.3 Å². The number of ether oxygens (including phenoxy) is 2. The van der Waals surface area contributed by atoms with Crippen LogP contribution < -0.4 is 14.8 Å². The number of hydrogen-bond acceptors (Lipinski definition) is 8. The minimum Gasteiger partial charge on any atom is -0.493 e. The summed E-state index contributed by atoms with van der Waals surface area (Å²) >= 11 is 0. The van der Waals surface area contributed by atoms with E-state index in [0.717, 1.165) is 31.3 Å². The summed E-state index contributed by atoms with van der Waals surface area (Å²) in [6.07, 6.45) is 3.43. The van der Waals surface area contributed by atoms with Crippen LogP contribution in [0.15, 0.2) is 42.7 Å². The Balaban J connectivity index is 1.24. The van der Waals surface area contributed by atoms with Crippen LogP contribution in [0.25, 0.3) is 10.9 Å². The fourth-order valence-corrected chi connectivity index (χ4v) is 4.96. The summed E-state index contributed by atoms with van der Waals surface area (Å²) in [4.78, 5) is 34.8. The van der Waals surface area contributed by atoms with E-state index >= 15 is 0 Å². The van der Waals surface area contributed by atoms with E-state index in [2.05, 4.69) is 20.2 Å². The minimum atomic E-state index is -0.309. The third-order valence-corrected chi connectivity index (χ3v) is 6.77. The molecule has 2 fully saturated rings. The summed E-state index contributed by atoms with van der Waals surface area (Å²) < 4.78 is 24.8. The van der Waals surface area contributed by atoms with Crippen LogP contribution in [0.2, 0.25) is 0 Å². The molecule has 2 aliphatic rings. The van der Waals surface area contributed by atoms with Crippen LogP contribution in [0.5, 0.6) is 11.5 Å². The SMILES string of the molecule is COc1cc2ncnc(Nc3ccc(F)cc3)c2cc1OCCCN1CC2CCC(=O)C(=O)C2C1. The van der Waals surface area contributed by atoms with E-state index in [-0.39, 0.29) is 23.3 Å². The van der Waals surface area contributed by atoms with Crippen LogP contribution in [0, 0.1) is 17.7 Å². The molecule has 1 N–H and O–H groups in total. The number of likely N-dealkylation sites (tertiary alicyclic amines) is 1. The van der Waals surface area contributed by atoms with Crippen LogP contribution in [-0.4, -0.2) is 59.8 Å². The number of ketones is 2. The van der Waals surface area contributed by atoms with Gasteiger partial charge in [-0.3, -0.25) is 9.59 Å². The molecule has 5 rings (SSSR count). The fraction of sp³-hybridized carbons (Fsp3) is 0.385. The molecule has 3 aromatic rings. The Morgan fingerprint density at radius 3 is 2.74 bits per heavy atom. The average Bonchev–Trinajstić information content (AvgIpc) is 3.29. The van der Waals surface area contributed by atoms with Crippen molar-refractivity contribution in [3.8, 4) is 11.5 Å². The zero-order chi connectivity index (χ0) is 24.4. The molecular formula is C26H27FN4O4. The number of methoxy groups -OCH3 is 1. The minimum absolute atomic E-state index is 0.134. The molecular weight excluding hydrogens is 451 g/mol. The Morgan fingerprint density at radius 1 is 1.11 bits per heavy atom. The second-order valence-electron chi connectivity index (χ2n) is 9.03. The van der Waals surface area contributed by atoms with Gasteiger partial charge < -0.3 is 19.7 Å². The number of carbonyl (C=O) groups excluding carboxylic acids is 2. The van der Waals surface area contributed by atoms with Gasteiger partial charge in [0.2, 0.25) is 5.78 Å². The molecule has 2 unspecified atom stereocenters. The van der Waals surface area contributed by atoms with Gasteiger partial charge in [-0.2, -0.15) is 0 Å². The monoisotopic (exact) mass is 478 g/mol.